The highest BCUT2D eigenvalue weighted by Crippen LogP contribution is 2.29. The molecule has 2 heterocycles. The summed E-state index contributed by atoms with van der Waals surface area (Å²) in [5, 5.41) is 2.94. The monoisotopic (exact) mass is 311 g/mol. The predicted octanol–water partition coefficient (Wildman–Crippen LogP) is 3.14. The molecule has 1 aliphatic rings. The minimum Gasteiger partial charge on any atom is -0.381 e. The minimum absolute atomic E-state index is 0.0219. The van der Waals surface area contributed by atoms with Crippen LogP contribution in [0.2, 0.25) is 0 Å². The molecule has 4 nitrogen and oxygen atoms in total. The first kappa shape index (κ1) is 16.6. The molecular weight excluding hydrogens is 286 g/mol. The van der Waals surface area contributed by atoms with E-state index in [0.717, 1.165) is 10.7 Å². The first-order valence-electron chi connectivity index (χ1n) is 7.57. The Hall–Kier alpha value is -0.780. The highest BCUT2D eigenvalue weighted by Gasteiger charge is 2.40. The molecule has 0 unspecified atom stereocenters. The van der Waals surface area contributed by atoms with Crippen molar-refractivity contribution in [2.45, 2.75) is 58.0 Å². The third-order valence-corrected chi connectivity index (χ3v) is 4.71. The van der Waals surface area contributed by atoms with E-state index in [1.165, 1.54) is 0 Å². The molecule has 0 amide bonds. The molecule has 1 fully saturated rings. The topological polar surface area (TPSA) is 48.4 Å². The Bertz CT molecular complexity index is 478. The van der Waals surface area contributed by atoms with Gasteiger partial charge in [-0.25, -0.2) is 4.98 Å². The average Bonchev–Trinajstić information content (AvgIpc) is 2.88. The Kier molecular flexibility index (Phi) is 5.17. The standard InChI is InChI=1S/C16H25NO3S/c1-5-20-16(6-8-19-9-7-16)13(18)10-14-17-12(11-21-14)15(2,3)4/h11H,5-10H2,1-4H3. The van der Waals surface area contributed by atoms with E-state index < -0.39 is 5.60 Å². The predicted molar refractivity (Wildman–Crippen MR) is 83.9 cm³/mol. The van der Waals surface area contributed by atoms with Crippen molar-refractivity contribution in [3.8, 4) is 0 Å². The summed E-state index contributed by atoms with van der Waals surface area (Å²) in [7, 11) is 0. The van der Waals surface area contributed by atoms with Crippen LogP contribution >= 0.6 is 11.3 Å². The summed E-state index contributed by atoms with van der Waals surface area (Å²) in [6, 6.07) is 0. The molecule has 21 heavy (non-hydrogen) atoms. The average molecular weight is 311 g/mol. The van der Waals surface area contributed by atoms with Crippen LogP contribution in [0.5, 0.6) is 0 Å². The van der Waals surface area contributed by atoms with Gasteiger partial charge in [0.2, 0.25) is 0 Å². The van der Waals surface area contributed by atoms with E-state index in [1.54, 1.807) is 11.3 Å². The van der Waals surface area contributed by atoms with E-state index in [-0.39, 0.29) is 11.2 Å². The van der Waals surface area contributed by atoms with Gasteiger partial charge in [0.15, 0.2) is 5.78 Å². The number of ketones is 1. The highest BCUT2D eigenvalue weighted by atomic mass is 32.1. The number of carbonyl (C=O) groups excluding carboxylic acids is 1. The van der Waals surface area contributed by atoms with Crippen molar-refractivity contribution in [2.75, 3.05) is 19.8 Å². The van der Waals surface area contributed by atoms with Crippen molar-refractivity contribution >= 4 is 17.1 Å². The van der Waals surface area contributed by atoms with Gasteiger partial charge in [-0.05, 0) is 6.92 Å². The molecule has 0 saturated carbocycles. The van der Waals surface area contributed by atoms with E-state index in [9.17, 15) is 4.79 Å². The lowest BCUT2D eigenvalue weighted by atomic mass is 9.87. The van der Waals surface area contributed by atoms with Crippen molar-refractivity contribution < 1.29 is 14.3 Å². The lowest BCUT2D eigenvalue weighted by Crippen LogP contribution is -2.47. The molecule has 1 saturated heterocycles. The number of ether oxygens (including phenoxy) is 2. The van der Waals surface area contributed by atoms with E-state index in [2.05, 4.69) is 31.1 Å². The third-order valence-electron chi connectivity index (χ3n) is 3.86. The van der Waals surface area contributed by atoms with E-state index in [4.69, 9.17) is 9.47 Å². The molecule has 0 N–H and O–H groups in total. The molecule has 0 radical (unpaired) electrons. The van der Waals surface area contributed by atoms with Crippen molar-refractivity contribution in [1.29, 1.82) is 0 Å². The molecule has 0 spiro atoms. The number of rotatable bonds is 5. The summed E-state index contributed by atoms with van der Waals surface area (Å²) < 4.78 is 11.2. The lowest BCUT2D eigenvalue weighted by Gasteiger charge is -2.35. The zero-order chi connectivity index (χ0) is 15.5. The maximum absolute atomic E-state index is 12.7. The number of Topliss-reactive ketones (excluding diaryl/α,β-unsaturated/α-hetero) is 1. The smallest absolute Gasteiger partial charge is 0.171 e. The van der Waals surface area contributed by atoms with E-state index in [1.807, 2.05) is 6.92 Å². The number of aromatic nitrogens is 1. The number of hydrogen-bond donors (Lipinski definition) is 0. The van der Waals surface area contributed by atoms with Crippen molar-refractivity contribution in [3.05, 3.63) is 16.1 Å². The zero-order valence-corrected chi connectivity index (χ0v) is 14.2. The van der Waals surface area contributed by atoms with Gasteiger partial charge in [0.05, 0.1) is 12.1 Å². The normalized spacial score (nSPS) is 18.7. The fourth-order valence-corrected chi connectivity index (χ4v) is 3.54. The summed E-state index contributed by atoms with van der Waals surface area (Å²) in [6.07, 6.45) is 1.66. The summed E-state index contributed by atoms with van der Waals surface area (Å²) in [5.41, 5.74) is 0.405. The second-order valence-corrected chi connectivity index (χ2v) is 7.46. The van der Waals surface area contributed by atoms with Crippen LogP contribution in [0.15, 0.2) is 5.38 Å². The molecule has 0 bridgehead atoms. The fourth-order valence-electron chi connectivity index (χ4n) is 2.52. The van der Waals surface area contributed by atoms with Crippen LogP contribution in [0.1, 0.15) is 51.2 Å². The Morgan fingerprint density at radius 2 is 2.10 bits per heavy atom. The number of nitrogens with zero attached hydrogens (tertiary/aromatic N) is 1. The Balaban J connectivity index is 2.10. The van der Waals surface area contributed by atoms with Crippen LogP contribution in [0.25, 0.3) is 0 Å². The number of carbonyl (C=O) groups is 1. The van der Waals surface area contributed by atoms with E-state index >= 15 is 0 Å². The largest absolute Gasteiger partial charge is 0.381 e. The third kappa shape index (κ3) is 3.90. The number of hydrogen-bond acceptors (Lipinski definition) is 5. The molecular formula is C16H25NO3S. The molecule has 118 valence electrons. The van der Waals surface area contributed by atoms with Crippen LogP contribution in [-0.4, -0.2) is 36.2 Å². The molecule has 0 aromatic carbocycles. The Morgan fingerprint density at radius 3 is 2.62 bits per heavy atom. The molecule has 1 aromatic rings. The Morgan fingerprint density at radius 1 is 1.43 bits per heavy atom. The maximum atomic E-state index is 12.7. The second kappa shape index (κ2) is 6.55. The molecule has 5 heteroatoms. The van der Waals surface area contributed by atoms with Crippen molar-refractivity contribution in [2.24, 2.45) is 0 Å². The van der Waals surface area contributed by atoms with Gasteiger partial charge < -0.3 is 9.47 Å². The number of thiazole rings is 1. The second-order valence-electron chi connectivity index (χ2n) is 6.52. The molecule has 2 rings (SSSR count). The van der Waals surface area contributed by atoms with Crippen LogP contribution in [-0.2, 0) is 26.1 Å². The minimum atomic E-state index is -0.666. The van der Waals surface area contributed by atoms with Gasteiger partial charge in [-0.15, -0.1) is 11.3 Å². The van der Waals surface area contributed by atoms with Gasteiger partial charge in [0.25, 0.3) is 0 Å². The van der Waals surface area contributed by atoms with Gasteiger partial charge >= 0.3 is 0 Å². The zero-order valence-electron chi connectivity index (χ0n) is 13.4. The molecule has 1 aliphatic heterocycles. The van der Waals surface area contributed by atoms with Gasteiger partial charge in [-0.3, -0.25) is 4.79 Å². The first-order valence-corrected chi connectivity index (χ1v) is 8.45. The highest BCUT2D eigenvalue weighted by molar-refractivity contribution is 7.09. The fraction of sp³-hybridized carbons (Fsp3) is 0.750. The summed E-state index contributed by atoms with van der Waals surface area (Å²) in [4.78, 5) is 17.3. The molecule has 1 aromatic heterocycles. The van der Waals surface area contributed by atoms with Gasteiger partial charge in [0, 0.05) is 43.5 Å². The van der Waals surface area contributed by atoms with Crippen LogP contribution < -0.4 is 0 Å². The van der Waals surface area contributed by atoms with Crippen LogP contribution in [0.3, 0.4) is 0 Å². The van der Waals surface area contributed by atoms with Gasteiger partial charge in [-0.1, -0.05) is 20.8 Å². The summed E-state index contributed by atoms with van der Waals surface area (Å²) in [5.74, 6) is 0.141. The maximum Gasteiger partial charge on any atom is 0.171 e. The van der Waals surface area contributed by atoms with Gasteiger partial charge in [-0.2, -0.15) is 0 Å². The molecule has 0 atom stereocenters. The quantitative estimate of drug-likeness (QED) is 0.838. The summed E-state index contributed by atoms with van der Waals surface area (Å²) >= 11 is 1.57. The van der Waals surface area contributed by atoms with Gasteiger partial charge in [0.1, 0.15) is 10.6 Å². The van der Waals surface area contributed by atoms with Crippen molar-refractivity contribution in [3.63, 3.8) is 0 Å². The molecule has 0 aliphatic carbocycles. The summed E-state index contributed by atoms with van der Waals surface area (Å²) in [6.45, 7) is 10.1. The first-order chi connectivity index (χ1) is 9.87. The lowest BCUT2D eigenvalue weighted by molar-refractivity contribution is -0.156. The van der Waals surface area contributed by atoms with Crippen molar-refractivity contribution in [1.82, 2.24) is 4.98 Å². The Labute approximate surface area is 130 Å². The van der Waals surface area contributed by atoms with Crippen LogP contribution in [0.4, 0.5) is 0 Å². The van der Waals surface area contributed by atoms with Crippen LogP contribution in [0, 0.1) is 0 Å². The van der Waals surface area contributed by atoms with E-state index in [0.29, 0.717) is 39.1 Å². The SMILES string of the molecule is CCOC1(C(=O)Cc2nc(C(C)(C)C)cs2)CCOCC1.